The fourth-order valence-electron chi connectivity index (χ4n) is 3.57. The molecule has 0 unspecified atom stereocenters. The summed E-state index contributed by atoms with van der Waals surface area (Å²) >= 11 is 0. The summed E-state index contributed by atoms with van der Waals surface area (Å²) in [5, 5.41) is 33.7. The number of aliphatic hydroxyl groups excluding tert-OH is 4. The molecule has 0 rings (SSSR count). The molecule has 0 aromatic carbocycles. The Bertz CT molecular complexity index is 232. The molecule has 38 heavy (non-hydrogen) atoms. The van der Waals surface area contributed by atoms with E-state index in [-0.39, 0.29) is 47.6 Å². The topological polar surface area (TPSA) is 80.9 Å². The van der Waals surface area contributed by atoms with Crippen LogP contribution in [0.2, 0.25) is 0 Å². The van der Waals surface area contributed by atoms with Crippen molar-refractivity contribution in [1.82, 2.24) is 0 Å². The van der Waals surface area contributed by atoms with Gasteiger partial charge in [-0.3, -0.25) is 0 Å². The van der Waals surface area contributed by atoms with E-state index in [9.17, 15) is 0 Å². The zero-order chi connectivity index (χ0) is 27.8. The van der Waals surface area contributed by atoms with E-state index in [1.54, 1.807) is 0 Å². The van der Waals surface area contributed by atoms with E-state index in [0.29, 0.717) is 26.4 Å². The van der Waals surface area contributed by atoms with Gasteiger partial charge in [0.05, 0.1) is 0 Å². The van der Waals surface area contributed by atoms with Crippen molar-refractivity contribution in [3.05, 3.63) is 0 Å². The van der Waals surface area contributed by atoms with Gasteiger partial charge in [0.25, 0.3) is 0 Å². The van der Waals surface area contributed by atoms with Crippen molar-refractivity contribution in [2.24, 2.45) is 0 Å². The molecule has 0 aliphatic rings. The fourth-order valence-corrected chi connectivity index (χ4v) is 3.57. The van der Waals surface area contributed by atoms with Crippen LogP contribution in [0.3, 0.4) is 0 Å². The third kappa shape index (κ3) is 76.8. The fraction of sp³-hybridized carbons (Fsp3) is 1.00. The number of hydrogen-bond donors (Lipinski definition) is 4. The SMILES string of the molecule is CCCCCCCCO.CCCCCCCCO.CCCCCCCCO.CCCCCCCCO.[H-].[H-].[Mg+2].[Ti]. The van der Waals surface area contributed by atoms with Crippen molar-refractivity contribution in [1.29, 1.82) is 0 Å². The summed E-state index contributed by atoms with van der Waals surface area (Å²) in [5.41, 5.74) is 0. The van der Waals surface area contributed by atoms with Gasteiger partial charge in [0.2, 0.25) is 0 Å². The second kappa shape index (κ2) is 62.1. The maximum Gasteiger partial charge on any atom is 2.00 e. The van der Waals surface area contributed by atoms with Crippen LogP contribution in [-0.2, 0) is 21.7 Å². The first-order valence-electron chi connectivity index (χ1n) is 16.1. The van der Waals surface area contributed by atoms with Gasteiger partial charge in [-0.25, -0.2) is 0 Å². The second-order valence-electron chi connectivity index (χ2n) is 9.97. The minimum Gasteiger partial charge on any atom is -1.00 e. The number of unbranched alkanes of at least 4 members (excludes halogenated alkanes) is 20. The van der Waals surface area contributed by atoms with Crippen LogP contribution in [-0.4, -0.2) is 69.9 Å². The van der Waals surface area contributed by atoms with E-state index >= 15 is 0 Å². The molecule has 0 radical (unpaired) electrons. The van der Waals surface area contributed by atoms with Crippen LogP contribution in [0.4, 0.5) is 0 Å². The zero-order valence-electron chi connectivity index (χ0n) is 28.8. The summed E-state index contributed by atoms with van der Waals surface area (Å²) in [6.07, 6.45) is 30.0. The van der Waals surface area contributed by atoms with Gasteiger partial charge < -0.3 is 23.3 Å². The summed E-state index contributed by atoms with van der Waals surface area (Å²) in [6.45, 7) is 10.3. The molecule has 0 bridgehead atoms. The summed E-state index contributed by atoms with van der Waals surface area (Å²) in [4.78, 5) is 0. The third-order valence-electron chi connectivity index (χ3n) is 6.05. The Balaban J connectivity index is -0.0000000551. The van der Waals surface area contributed by atoms with Crippen LogP contribution in [0, 0.1) is 0 Å². The average Bonchev–Trinajstić information content (AvgIpc) is 2.90. The molecule has 0 spiro atoms. The standard InChI is InChI=1S/4C8H18O.Mg.Ti.2H/c4*1-2-3-4-5-6-7-8-9;;;;/h4*9H,2-8H2,1H3;;;;/q;;;;+2;;2*-1. The molecule has 0 aromatic heterocycles. The molecule has 0 heterocycles. The summed E-state index contributed by atoms with van der Waals surface area (Å²) in [7, 11) is 0. The van der Waals surface area contributed by atoms with Gasteiger partial charge in [-0.15, -0.1) is 0 Å². The molecule has 0 aromatic rings. The van der Waals surface area contributed by atoms with Crippen LogP contribution in [0.1, 0.15) is 185 Å². The molecule has 0 atom stereocenters. The van der Waals surface area contributed by atoms with Crippen molar-refractivity contribution in [3.63, 3.8) is 0 Å². The van der Waals surface area contributed by atoms with E-state index in [1.165, 1.54) is 128 Å². The van der Waals surface area contributed by atoms with Gasteiger partial charge in [-0.05, 0) is 25.7 Å². The van der Waals surface area contributed by atoms with Crippen molar-refractivity contribution in [2.45, 2.75) is 182 Å². The molecule has 0 saturated heterocycles. The smallest absolute Gasteiger partial charge is 1.00 e. The van der Waals surface area contributed by atoms with Crippen LogP contribution in [0.15, 0.2) is 0 Å². The normalized spacial score (nSPS) is 9.47. The molecular formula is C32H74MgO4Ti. The van der Waals surface area contributed by atoms with E-state index in [2.05, 4.69) is 27.7 Å². The molecule has 0 saturated carbocycles. The largest absolute Gasteiger partial charge is 2.00 e. The Morgan fingerprint density at radius 2 is 0.421 bits per heavy atom. The minimum absolute atomic E-state index is 0. The van der Waals surface area contributed by atoms with Crippen LogP contribution < -0.4 is 0 Å². The molecule has 0 fully saturated rings. The molecule has 0 amide bonds. The van der Waals surface area contributed by atoms with Crippen molar-refractivity contribution < 1.29 is 45.0 Å². The number of rotatable bonds is 24. The van der Waals surface area contributed by atoms with Crippen molar-refractivity contribution in [2.75, 3.05) is 26.4 Å². The number of hydrogen-bond acceptors (Lipinski definition) is 4. The van der Waals surface area contributed by atoms with E-state index < -0.39 is 0 Å². The quantitative estimate of drug-likeness (QED) is 0.0663. The van der Waals surface area contributed by atoms with E-state index in [4.69, 9.17) is 20.4 Å². The predicted molar refractivity (Wildman–Crippen MR) is 170 cm³/mol. The Hall–Kier alpha value is 1.32. The van der Waals surface area contributed by atoms with Gasteiger partial charge in [-0.1, -0.05) is 156 Å². The predicted octanol–water partition coefficient (Wildman–Crippen LogP) is 9.20. The first-order valence-corrected chi connectivity index (χ1v) is 16.1. The minimum atomic E-state index is 0. The molecule has 0 aliphatic heterocycles. The molecule has 6 heteroatoms. The van der Waals surface area contributed by atoms with Gasteiger partial charge in [0, 0.05) is 48.1 Å². The molecule has 4 nitrogen and oxygen atoms in total. The molecule has 0 aliphatic carbocycles. The average molecular weight is 595 g/mol. The van der Waals surface area contributed by atoms with E-state index in [0.717, 1.165) is 25.7 Å². The van der Waals surface area contributed by atoms with Crippen molar-refractivity contribution >= 4 is 23.1 Å². The van der Waals surface area contributed by atoms with Gasteiger partial charge in [-0.2, -0.15) is 0 Å². The van der Waals surface area contributed by atoms with Crippen LogP contribution in [0.5, 0.6) is 0 Å². The maximum absolute atomic E-state index is 8.42. The summed E-state index contributed by atoms with van der Waals surface area (Å²) in [5.74, 6) is 0. The summed E-state index contributed by atoms with van der Waals surface area (Å²) < 4.78 is 0. The Morgan fingerprint density at radius 3 is 0.553 bits per heavy atom. The Labute approximate surface area is 274 Å². The molecule has 4 N–H and O–H groups in total. The Kier molecular flexibility index (Phi) is 85.0. The first kappa shape index (κ1) is 52.0. The second-order valence-corrected chi connectivity index (χ2v) is 9.97. The summed E-state index contributed by atoms with van der Waals surface area (Å²) in [6, 6.07) is 0. The van der Waals surface area contributed by atoms with E-state index in [1.807, 2.05) is 0 Å². The van der Waals surface area contributed by atoms with Gasteiger partial charge in [0.15, 0.2) is 0 Å². The van der Waals surface area contributed by atoms with Crippen molar-refractivity contribution in [3.8, 4) is 0 Å². The monoisotopic (exact) mass is 594 g/mol. The molecular weight excluding hydrogens is 521 g/mol. The van der Waals surface area contributed by atoms with Gasteiger partial charge in [0.1, 0.15) is 0 Å². The Morgan fingerprint density at radius 1 is 0.289 bits per heavy atom. The van der Waals surface area contributed by atoms with Crippen LogP contribution >= 0.6 is 0 Å². The van der Waals surface area contributed by atoms with Gasteiger partial charge >= 0.3 is 23.1 Å². The van der Waals surface area contributed by atoms with Crippen LogP contribution in [0.25, 0.3) is 0 Å². The number of aliphatic hydroxyl groups is 4. The molecule has 232 valence electrons. The first-order chi connectivity index (χ1) is 17.7. The zero-order valence-corrected chi connectivity index (χ0v) is 29.8. The third-order valence-corrected chi connectivity index (χ3v) is 6.05. The maximum atomic E-state index is 8.42.